The van der Waals surface area contributed by atoms with Crippen molar-refractivity contribution in [2.24, 2.45) is 0 Å². The lowest BCUT2D eigenvalue weighted by Crippen LogP contribution is -2.47. The number of aromatic amines is 1. The maximum Gasteiger partial charge on any atom is 0.256 e. The number of nitrogens with zero attached hydrogens (tertiary/aromatic N) is 2. The predicted octanol–water partition coefficient (Wildman–Crippen LogP) is 4.18. The number of aryl methyl sites for hydroxylation is 1. The zero-order chi connectivity index (χ0) is 23.1. The average molecular weight is 441 g/mol. The topological polar surface area (TPSA) is 68.4 Å². The van der Waals surface area contributed by atoms with Crippen LogP contribution in [0, 0.1) is 13.8 Å². The Bertz CT molecular complexity index is 1260. The lowest BCUT2D eigenvalue weighted by molar-refractivity contribution is -0.110. The Balaban J connectivity index is 1.55. The second kappa shape index (κ2) is 8.37. The first kappa shape index (κ1) is 21.2. The fraction of sp³-hybridized carbons (Fsp3) is 0.259. The SMILES string of the molecule is Cc1[nH]c(/C=C2\C(=O)Nc3cccc(-c4ccccc4)c32)c(C)c1C(=O)N1CCN(C)CC1. The summed E-state index contributed by atoms with van der Waals surface area (Å²) in [5.74, 6) is -0.0766. The van der Waals surface area contributed by atoms with Crippen molar-refractivity contribution in [2.75, 3.05) is 38.5 Å². The number of piperazine rings is 1. The van der Waals surface area contributed by atoms with Crippen LogP contribution in [-0.2, 0) is 4.79 Å². The van der Waals surface area contributed by atoms with Crippen LogP contribution in [0.2, 0.25) is 0 Å². The highest BCUT2D eigenvalue weighted by Gasteiger charge is 2.29. The molecule has 0 saturated carbocycles. The molecule has 0 aliphatic carbocycles. The van der Waals surface area contributed by atoms with E-state index in [9.17, 15) is 9.59 Å². The van der Waals surface area contributed by atoms with Gasteiger partial charge in [0.15, 0.2) is 0 Å². The molecule has 1 saturated heterocycles. The van der Waals surface area contributed by atoms with Crippen molar-refractivity contribution in [3.05, 3.63) is 76.6 Å². The molecule has 2 aromatic carbocycles. The molecule has 2 amide bonds. The van der Waals surface area contributed by atoms with Crippen molar-refractivity contribution in [1.82, 2.24) is 14.8 Å². The summed E-state index contributed by atoms with van der Waals surface area (Å²) in [6.07, 6.45) is 1.89. The molecular formula is C27H28N4O2. The van der Waals surface area contributed by atoms with Gasteiger partial charge in [0.05, 0.1) is 11.1 Å². The van der Waals surface area contributed by atoms with Gasteiger partial charge in [0.1, 0.15) is 0 Å². The minimum Gasteiger partial charge on any atom is -0.358 e. The van der Waals surface area contributed by atoms with Crippen molar-refractivity contribution >= 4 is 29.2 Å². The van der Waals surface area contributed by atoms with Crippen molar-refractivity contribution in [1.29, 1.82) is 0 Å². The molecule has 3 aromatic rings. The van der Waals surface area contributed by atoms with E-state index in [1.54, 1.807) is 0 Å². The maximum atomic E-state index is 13.3. The van der Waals surface area contributed by atoms with Crippen LogP contribution in [0.3, 0.4) is 0 Å². The summed E-state index contributed by atoms with van der Waals surface area (Å²) in [4.78, 5) is 33.8. The Labute approximate surface area is 193 Å². The van der Waals surface area contributed by atoms with Gasteiger partial charge in [0.25, 0.3) is 11.8 Å². The Kier molecular flexibility index (Phi) is 5.38. The van der Waals surface area contributed by atoms with Crippen LogP contribution >= 0.6 is 0 Å². The number of benzene rings is 2. The molecule has 3 heterocycles. The standard InChI is InChI=1S/C27H28N4O2/c1-17-23(28-18(2)24(17)27(33)31-14-12-30(3)13-15-31)16-21-25-20(19-8-5-4-6-9-19)10-7-11-22(25)29-26(21)32/h4-11,16,28H,12-15H2,1-3H3,(H,29,32)/b21-16-. The van der Waals surface area contributed by atoms with Crippen LogP contribution in [0.5, 0.6) is 0 Å². The number of hydrogen-bond donors (Lipinski definition) is 2. The number of hydrogen-bond acceptors (Lipinski definition) is 3. The van der Waals surface area contributed by atoms with Crippen LogP contribution in [0.25, 0.3) is 22.8 Å². The second-order valence-electron chi connectivity index (χ2n) is 8.87. The van der Waals surface area contributed by atoms with Crippen LogP contribution < -0.4 is 5.32 Å². The minimum atomic E-state index is -0.132. The number of likely N-dealkylation sites (N-methyl/N-ethyl adjacent to an activating group) is 1. The summed E-state index contributed by atoms with van der Waals surface area (Å²) in [5.41, 5.74) is 7.59. The molecule has 2 N–H and O–H groups in total. The molecule has 1 aromatic heterocycles. The van der Waals surface area contributed by atoms with E-state index in [1.807, 2.05) is 73.4 Å². The Morgan fingerprint density at radius 3 is 2.42 bits per heavy atom. The van der Waals surface area contributed by atoms with Crippen molar-refractivity contribution in [3.8, 4) is 11.1 Å². The Hall–Kier alpha value is -3.64. The van der Waals surface area contributed by atoms with Gasteiger partial charge in [-0.3, -0.25) is 9.59 Å². The van der Waals surface area contributed by atoms with Gasteiger partial charge >= 0.3 is 0 Å². The van der Waals surface area contributed by atoms with Gasteiger partial charge in [-0.15, -0.1) is 0 Å². The van der Waals surface area contributed by atoms with Gasteiger partial charge in [-0.1, -0.05) is 42.5 Å². The molecule has 2 aliphatic rings. The number of H-pyrrole nitrogens is 1. The molecule has 168 valence electrons. The van der Waals surface area contributed by atoms with E-state index in [0.717, 1.165) is 65.5 Å². The molecule has 0 bridgehead atoms. The summed E-state index contributed by atoms with van der Waals surface area (Å²) in [6.45, 7) is 7.10. The van der Waals surface area contributed by atoms with Crippen molar-refractivity contribution in [2.45, 2.75) is 13.8 Å². The number of carbonyl (C=O) groups excluding carboxylic acids is 2. The molecule has 0 atom stereocenters. The largest absolute Gasteiger partial charge is 0.358 e. The van der Waals surface area contributed by atoms with Gasteiger partial charge in [0.2, 0.25) is 0 Å². The molecule has 6 heteroatoms. The van der Waals surface area contributed by atoms with E-state index < -0.39 is 0 Å². The first-order valence-electron chi connectivity index (χ1n) is 11.3. The van der Waals surface area contributed by atoms with Gasteiger partial charge in [-0.2, -0.15) is 0 Å². The third-order valence-corrected chi connectivity index (χ3v) is 6.68. The summed E-state index contributed by atoms with van der Waals surface area (Å²) in [7, 11) is 2.08. The second-order valence-corrected chi connectivity index (χ2v) is 8.87. The van der Waals surface area contributed by atoms with E-state index in [0.29, 0.717) is 11.1 Å². The summed E-state index contributed by atoms with van der Waals surface area (Å²) in [6, 6.07) is 16.0. The van der Waals surface area contributed by atoms with E-state index in [1.165, 1.54) is 0 Å². The summed E-state index contributed by atoms with van der Waals surface area (Å²) >= 11 is 0. The zero-order valence-corrected chi connectivity index (χ0v) is 19.2. The molecule has 5 rings (SSSR count). The minimum absolute atomic E-state index is 0.0558. The molecule has 0 unspecified atom stereocenters. The predicted molar refractivity (Wildman–Crippen MR) is 132 cm³/mol. The van der Waals surface area contributed by atoms with E-state index in [-0.39, 0.29) is 11.8 Å². The summed E-state index contributed by atoms with van der Waals surface area (Å²) < 4.78 is 0. The lowest BCUT2D eigenvalue weighted by Gasteiger charge is -2.32. The number of nitrogens with one attached hydrogen (secondary N) is 2. The number of rotatable bonds is 3. The normalized spacial score (nSPS) is 17.4. The third-order valence-electron chi connectivity index (χ3n) is 6.68. The Morgan fingerprint density at radius 2 is 1.70 bits per heavy atom. The summed E-state index contributed by atoms with van der Waals surface area (Å²) in [5, 5.41) is 3.00. The lowest BCUT2D eigenvalue weighted by atomic mass is 9.94. The first-order chi connectivity index (χ1) is 15.9. The first-order valence-corrected chi connectivity index (χ1v) is 11.3. The molecule has 6 nitrogen and oxygen atoms in total. The van der Waals surface area contributed by atoms with Crippen LogP contribution in [0.15, 0.2) is 48.5 Å². The highest BCUT2D eigenvalue weighted by atomic mass is 16.2. The highest BCUT2D eigenvalue weighted by Crippen LogP contribution is 2.40. The van der Waals surface area contributed by atoms with Crippen LogP contribution in [0.1, 0.15) is 32.9 Å². The fourth-order valence-corrected chi connectivity index (χ4v) is 4.80. The van der Waals surface area contributed by atoms with Gasteiger partial charge < -0.3 is 20.1 Å². The Morgan fingerprint density at radius 1 is 0.970 bits per heavy atom. The monoisotopic (exact) mass is 440 g/mol. The quantitative estimate of drug-likeness (QED) is 0.601. The average Bonchev–Trinajstić information content (AvgIpc) is 3.29. The molecule has 0 spiro atoms. The van der Waals surface area contributed by atoms with Crippen molar-refractivity contribution in [3.63, 3.8) is 0 Å². The molecule has 33 heavy (non-hydrogen) atoms. The maximum absolute atomic E-state index is 13.3. The molecular weight excluding hydrogens is 412 g/mol. The van der Waals surface area contributed by atoms with Crippen molar-refractivity contribution < 1.29 is 9.59 Å². The number of anilines is 1. The zero-order valence-electron chi connectivity index (χ0n) is 19.2. The molecule has 2 aliphatic heterocycles. The van der Waals surface area contributed by atoms with Crippen LogP contribution in [0.4, 0.5) is 5.69 Å². The van der Waals surface area contributed by atoms with Gasteiger partial charge in [0, 0.05) is 48.8 Å². The third kappa shape index (κ3) is 3.76. The highest BCUT2D eigenvalue weighted by molar-refractivity contribution is 6.36. The van der Waals surface area contributed by atoms with Gasteiger partial charge in [-0.05, 0) is 49.7 Å². The van der Waals surface area contributed by atoms with E-state index in [4.69, 9.17) is 0 Å². The van der Waals surface area contributed by atoms with E-state index in [2.05, 4.69) is 22.2 Å². The smallest absolute Gasteiger partial charge is 0.256 e. The number of amides is 2. The number of carbonyl (C=O) groups is 2. The van der Waals surface area contributed by atoms with Crippen LogP contribution in [-0.4, -0.2) is 59.8 Å². The fourth-order valence-electron chi connectivity index (χ4n) is 4.80. The molecule has 1 fully saturated rings. The van der Waals surface area contributed by atoms with E-state index >= 15 is 0 Å². The number of aromatic nitrogens is 1. The molecule has 0 radical (unpaired) electrons. The van der Waals surface area contributed by atoms with Gasteiger partial charge in [-0.25, -0.2) is 0 Å². The number of fused-ring (bicyclic) bond motifs is 1.